The zero-order chi connectivity index (χ0) is 19.0. The Bertz CT molecular complexity index is 973. The minimum atomic E-state index is -0.296. The van der Waals surface area contributed by atoms with E-state index in [-0.39, 0.29) is 11.7 Å². The van der Waals surface area contributed by atoms with Gasteiger partial charge in [0.05, 0.1) is 12.6 Å². The van der Waals surface area contributed by atoms with Crippen LogP contribution in [0.15, 0.2) is 48.5 Å². The van der Waals surface area contributed by atoms with Gasteiger partial charge in [0.15, 0.2) is 0 Å². The average Bonchev–Trinajstić information content (AvgIpc) is 3.04. The number of ether oxygens (including phenoxy) is 1. The number of hydrogen-bond donors (Lipinski definition) is 0. The quantitative estimate of drug-likeness (QED) is 0.713. The second kappa shape index (κ2) is 6.95. The molecule has 4 rings (SSSR count). The molecular formula is C21H22FN3O2. The fourth-order valence-corrected chi connectivity index (χ4v) is 3.63. The van der Waals surface area contributed by atoms with E-state index in [1.165, 1.54) is 12.1 Å². The summed E-state index contributed by atoms with van der Waals surface area (Å²) in [6.07, 6.45) is 0. The SMILES string of the molecule is COc1ccc(N2CCN(C(=O)c3cc4ccc(F)cc4n3C)CC2)cc1. The molecule has 0 N–H and O–H groups in total. The van der Waals surface area contributed by atoms with Gasteiger partial charge < -0.3 is 19.1 Å². The van der Waals surface area contributed by atoms with Crippen molar-refractivity contribution in [1.29, 1.82) is 0 Å². The van der Waals surface area contributed by atoms with Crippen LogP contribution in [0.5, 0.6) is 5.75 Å². The predicted molar refractivity (Wildman–Crippen MR) is 104 cm³/mol. The molecule has 1 aromatic heterocycles. The maximum atomic E-state index is 13.5. The van der Waals surface area contributed by atoms with Gasteiger partial charge in [-0.3, -0.25) is 4.79 Å². The molecule has 1 aliphatic heterocycles. The Morgan fingerprint density at radius 1 is 1.00 bits per heavy atom. The van der Waals surface area contributed by atoms with Crippen LogP contribution in [0.3, 0.4) is 0 Å². The third kappa shape index (κ3) is 3.23. The third-order valence-electron chi connectivity index (χ3n) is 5.23. The van der Waals surface area contributed by atoms with Crippen molar-refractivity contribution < 1.29 is 13.9 Å². The standard InChI is InChI=1S/C21H22FN3O2/c1-23-19-14-16(22)4-3-15(19)13-20(23)21(26)25-11-9-24(10-12-25)17-5-7-18(27-2)8-6-17/h3-8,13-14H,9-12H2,1-2H3. The molecule has 0 atom stereocenters. The van der Waals surface area contributed by atoms with Crippen molar-refractivity contribution >= 4 is 22.5 Å². The first-order chi connectivity index (χ1) is 13.1. The molecule has 2 aromatic carbocycles. The van der Waals surface area contributed by atoms with Crippen LogP contribution in [0.1, 0.15) is 10.5 Å². The zero-order valence-electron chi connectivity index (χ0n) is 15.5. The largest absolute Gasteiger partial charge is 0.497 e. The van der Waals surface area contributed by atoms with Gasteiger partial charge in [0.25, 0.3) is 5.91 Å². The summed E-state index contributed by atoms with van der Waals surface area (Å²) in [5.41, 5.74) is 2.45. The van der Waals surface area contributed by atoms with E-state index in [9.17, 15) is 9.18 Å². The molecule has 3 aromatic rings. The monoisotopic (exact) mass is 367 g/mol. The number of aryl methyl sites for hydroxylation is 1. The summed E-state index contributed by atoms with van der Waals surface area (Å²) in [4.78, 5) is 17.1. The highest BCUT2D eigenvalue weighted by molar-refractivity contribution is 5.98. The van der Waals surface area contributed by atoms with Crippen LogP contribution < -0.4 is 9.64 Å². The molecule has 140 valence electrons. The van der Waals surface area contributed by atoms with Crippen molar-refractivity contribution in [2.24, 2.45) is 7.05 Å². The van der Waals surface area contributed by atoms with E-state index >= 15 is 0 Å². The van der Waals surface area contributed by atoms with E-state index in [1.54, 1.807) is 17.7 Å². The molecule has 5 nitrogen and oxygen atoms in total. The summed E-state index contributed by atoms with van der Waals surface area (Å²) in [5, 5.41) is 0.874. The lowest BCUT2D eigenvalue weighted by Gasteiger charge is -2.36. The van der Waals surface area contributed by atoms with Crippen molar-refractivity contribution in [1.82, 2.24) is 9.47 Å². The molecular weight excluding hydrogens is 345 g/mol. The summed E-state index contributed by atoms with van der Waals surface area (Å²) in [6, 6.07) is 14.4. The lowest BCUT2D eigenvalue weighted by Crippen LogP contribution is -2.49. The molecule has 1 amide bonds. The number of aromatic nitrogens is 1. The Balaban J connectivity index is 1.47. The molecule has 0 unspecified atom stereocenters. The molecule has 2 heterocycles. The van der Waals surface area contributed by atoms with Gasteiger partial charge in [-0.15, -0.1) is 0 Å². The van der Waals surface area contributed by atoms with Crippen LogP contribution in [0, 0.1) is 5.82 Å². The summed E-state index contributed by atoms with van der Waals surface area (Å²) >= 11 is 0. The highest BCUT2D eigenvalue weighted by atomic mass is 19.1. The molecule has 0 radical (unpaired) electrons. The van der Waals surface area contributed by atoms with Crippen molar-refractivity contribution in [2.75, 3.05) is 38.2 Å². The molecule has 0 spiro atoms. The van der Waals surface area contributed by atoms with Crippen molar-refractivity contribution in [3.05, 3.63) is 60.0 Å². The summed E-state index contributed by atoms with van der Waals surface area (Å²) < 4.78 is 20.5. The van der Waals surface area contributed by atoms with E-state index in [2.05, 4.69) is 4.90 Å². The number of benzene rings is 2. The molecule has 0 saturated carbocycles. The van der Waals surface area contributed by atoms with E-state index in [4.69, 9.17) is 4.74 Å². The summed E-state index contributed by atoms with van der Waals surface area (Å²) in [7, 11) is 3.46. The van der Waals surface area contributed by atoms with Gasteiger partial charge in [-0.1, -0.05) is 0 Å². The Morgan fingerprint density at radius 2 is 1.70 bits per heavy atom. The number of nitrogens with zero attached hydrogens (tertiary/aromatic N) is 3. The maximum Gasteiger partial charge on any atom is 0.270 e. The van der Waals surface area contributed by atoms with Crippen molar-refractivity contribution in [2.45, 2.75) is 0 Å². The van der Waals surface area contributed by atoms with Crippen LogP contribution in [0.2, 0.25) is 0 Å². The number of piperazine rings is 1. The van der Waals surface area contributed by atoms with Crippen LogP contribution >= 0.6 is 0 Å². The number of methoxy groups -OCH3 is 1. The number of rotatable bonds is 3. The molecule has 1 aliphatic rings. The van der Waals surface area contributed by atoms with Crippen LogP contribution in [-0.4, -0.2) is 48.7 Å². The number of carbonyl (C=O) groups is 1. The van der Waals surface area contributed by atoms with E-state index < -0.39 is 0 Å². The third-order valence-corrected chi connectivity index (χ3v) is 5.23. The fourth-order valence-electron chi connectivity index (χ4n) is 3.63. The molecule has 1 saturated heterocycles. The second-order valence-corrected chi connectivity index (χ2v) is 6.77. The van der Waals surface area contributed by atoms with Gasteiger partial charge in [0, 0.05) is 44.3 Å². The number of carbonyl (C=O) groups excluding carboxylic acids is 1. The first-order valence-corrected chi connectivity index (χ1v) is 9.00. The number of hydrogen-bond acceptors (Lipinski definition) is 3. The van der Waals surface area contributed by atoms with Crippen molar-refractivity contribution in [3.8, 4) is 5.75 Å². The molecule has 0 aliphatic carbocycles. The predicted octanol–water partition coefficient (Wildman–Crippen LogP) is 3.29. The Hall–Kier alpha value is -3.02. The average molecular weight is 367 g/mol. The van der Waals surface area contributed by atoms with Crippen LogP contribution in [0.25, 0.3) is 10.9 Å². The van der Waals surface area contributed by atoms with E-state index in [1.807, 2.05) is 42.3 Å². The van der Waals surface area contributed by atoms with Gasteiger partial charge in [-0.25, -0.2) is 4.39 Å². The van der Waals surface area contributed by atoms with Gasteiger partial charge in [-0.05, 0) is 48.5 Å². The van der Waals surface area contributed by atoms with Gasteiger partial charge in [0.2, 0.25) is 0 Å². The molecule has 1 fully saturated rings. The summed E-state index contributed by atoms with van der Waals surface area (Å²) in [5.74, 6) is 0.527. The Labute approximate surface area is 157 Å². The number of amides is 1. The highest BCUT2D eigenvalue weighted by Crippen LogP contribution is 2.23. The normalized spacial score (nSPS) is 14.6. The fraction of sp³-hybridized carbons (Fsp3) is 0.286. The van der Waals surface area contributed by atoms with E-state index in [0.717, 1.165) is 35.4 Å². The van der Waals surface area contributed by atoms with Crippen LogP contribution in [-0.2, 0) is 7.05 Å². The van der Waals surface area contributed by atoms with Crippen LogP contribution in [0.4, 0.5) is 10.1 Å². The topological polar surface area (TPSA) is 37.7 Å². The van der Waals surface area contributed by atoms with Gasteiger partial charge in [0.1, 0.15) is 17.3 Å². The number of fused-ring (bicyclic) bond motifs is 1. The number of anilines is 1. The smallest absolute Gasteiger partial charge is 0.270 e. The first kappa shape index (κ1) is 17.4. The lowest BCUT2D eigenvalue weighted by atomic mass is 10.2. The van der Waals surface area contributed by atoms with Gasteiger partial charge >= 0.3 is 0 Å². The highest BCUT2D eigenvalue weighted by Gasteiger charge is 2.24. The van der Waals surface area contributed by atoms with E-state index in [0.29, 0.717) is 18.8 Å². The summed E-state index contributed by atoms with van der Waals surface area (Å²) in [6.45, 7) is 2.86. The van der Waals surface area contributed by atoms with Crippen molar-refractivity contribution in [3.63, 3.8) is 0 Å². The van der Waals surface area contributed by atoms with Gasteiger partial charge in [-0.2, -0.15) is 0 Å². The maximum absolute atomic E-state index is 13.5. The molecule has 0 bridgehead atoms. The minimum Gasteiger partial charge on any atom is -0.497 e. The lowest BCUT2D eigenvalue weighted by molar-refractivity contribution is 0.0737. The zero-order valence-corrected chi connectivity index (χ0v) is 15.5. The first-order valence-electron chi connectivity index (χ1n) is 9.00. The molecule has 6 heteroatoms. The Morgan fingerprint density at radius 3 is 2.37 bits per heavy atom. The molecule has 27 heavy (non-hydrogen) atoms. The Kier molecular flexibility index (Phi) is 4.48. The second-order valence-electron chi connectivity index (χ2n) is 6.77. The minimum absolute atomic E-state index is 0.0107. The number of halogens is 1.